The molecule has 0 aromatic carbocycles. The molecular formula is C6H18NNaSi2. The largest absolute Gasteiger partial charge is 0.349 e. The zero-order valence-electron chi connectivity index (χ0n) is 8.45. The molecule has 0 heterocycles. The minimum atomic E-state index is -0.945. The van der Waals surface area contributed by atoms with Crippen LogP contribution in [0.5, 0.6) is 0 Å². The summed E-state index contributed by atoms with van der Waals surface area (Å²) < 4.78 is 2.59. The third-order valence-electron chi connectivity index (χ3n) is 1.68. The van der Waals surface area contributed by atoms with E-state index in [1.54, 1.807) is 0 Å². The molecule has 2 radical (unpaired) electrons. The van der Waals surface area contributed by atoms with Crippen molar-refractivity contribution < 1.29 is 0 Å². The minimum absolute atomic E-state index is 0. The molecule has 0 saturated carbocycles. The van der Waals surface area contributed by atoms with Gasteiger partial charge in [-0.3, -0.25) is 0 Å². The van der Waals surface area contributed by atoms with Crippen LogP contribution in [-0.4, -0.2) is 58.0 Å². The average molecular weight is 183 g/mol. The molecule has 0 aliphatic rings. The molecule has 0 bridgehead atoms. The predicted molar refractivity (Wildman–Crippen MR) is 54.3 cm³/mol. The molecule has 0 saturated heterocycles. The predicted octanol–water partition coefficient (Wildman–Crippen LogP) is 1.62. The van der Waals surface area contributed by atoms with Crippen molar-refractivity contribution in [3.05, 3.63) is 0 Å². The van der Waals surface area contributed by atoms with Crippen LogP contribution in [0.25, 0.3) is 0 Å². The van der Waals surface area contributed by atoms with Gasteiger partial charge in [0.05, 0.1) is 0 Å². The van der Waals surface area contributed by atoms with E-state index in [9.17, 15) is 0 Å². The van der Waals surface area contributed by atoms with Gasteiger partial charge < -0.3 is 4.23 Å². The second-order valence-electron chi connectivity index (χ2n) is 3.68. The second kappa shape index (κ2) is 5.11. The molecule has 0 spiro atoms. The first-order chi connectivity index (χ1) is 3.85. The normalized spacial score (nSPS) is 12.0. The molecule has 0 aromatic heterocycles. The molecule has 0 rings (SSSR count). The van der Waals surface area contributed by atoms with Crippen LogP contribution in [0.4, 0.5) is 0 Å². The molecule has 1 nitrogen and oxygen atoms in total. The Balaban J connectivity index is 0. The number of nitrogens with zero attached hydrogens (tertiary/aromatic N) is 1. The zero-order chi connectivity index (χ0) is 7.65. The smallest absolute Gasteiger partial charge is 0.122 e. The number of hydrogen-bond donors (Lipinski definition) is 0. The van der Waals surface area contributed by atoms with E-state index in [0.717, 1.165) is 0 Å². The van der Waals surface area contributed by atoms with Crippen molar-refractivity contribution in [2.75, 3.05) is 7.05 Å². The minimum Gasteiger partial charge on any atom is -0.349 e. The van der Waals surface area contributed by atoms with Crippen molar-refractivity contribution in [1.82, 2.24) is 4.23 Å². The van der Waals surface area contributed by atoms with Crippen molar-refractivity contribution in [3.8, 4) is 0 Å². The molecule has 0 aromatic rings. The summed E-state index contributed by atoms with van der Waals surface area (Å²) in [5.41, 5.74) is 0. The fourth-order valence-electron chi connectivity index (χ4n) is 0.671. The van der Waals surface area contributed by atoms with E-state index >= 15 is 0 Å². The average Bonchev–Trinajstić information content (AvgIpc) is 1.62. The van der Waals surface area contributed by atoms with Gasteiger partial charge in [-0.15, -0.1) is 0 Å². The maximum atomic E-state index is 2.59. The summed E-state index contributed by atoms with van der Waals surface area (Å²) in [5, 5.41) is 0. The fraction of sp³-hybridized carbons (Fsp3) is 1.00. The third-order valence-corrected chi connectivity index (χ3v) is 8.39. The Morgan fingerprint density at radius 2 is 1.40 bits per heavy atom. The van der Waals surface area contributed by atoms with Crippen LogP contribution in [0.2, 0.25) is 32.7 Å². The second-order valence-corrected chi connectivity index (χ2v) is 11.7. The van der Waals surface area contributed by atoms with E-state index in [2.05, 4.69) is 44.0 Å². The van der Waals surface area contributed by atoms with Crippen molar-refractivity contribution in [2.45, 2.75) is 32.7 Å². The Morgan fingerprint density at radius 1 is 1.10 bits per heavy atom. The Hall–Kier alpha value is 1.39. The van der Waals surface area contributed by atoms with E-state index in [0.29, 0.717) is 0 Å². The molecular weight excluding hydrogens is 165 g/mol. The van der Waals surface area contributed by atoms with Gasteiger partial charge in [-0.25, -0.2) is 0 Å². The van der Waals surface area contributed by atoms with Crippen molar-refractivity contribution in [3.63, 3.8) is 0 Å². The van der Waals surface area contributed by atoms with Crippen molar-refractivity contribution >= 4 is 46.8 Å². The summed E-state index contributed by atoms with van der Waals surface area (Å²) in [6.07, 6.45) is 0. The van der Waals surface area contributed by atoms with Crippen LogP contribution < -0.4 is 0 Å². The van der Waals surface area contributed by atoms with E-state index < -0.39 is 8.24 Å². The monoisotopic (exact) mass is 183 g/mol. The van der Waals surface area contributed by atoms with Crippen LogP contribution >= 0.6 is 0 Å². The van der Waals surface area contributed by atoms with Gasteiger partial charge in [0.25, 0.3) is 0 Å². The van der Waals surface area contributed by atoms with Crippen molar-refractivity contribution in [1.29, 1.82) is 0 Å². The summed E-state index contributed by atoms with van der Waals surface area (Å²) in [6.45, 7) is 11.9. The fourth-order valence-corrected chi connectivity index (χ4v) is 6.04. The topological polar surface area (TPSA) is 3.24 Å². The number of rotatable bonds is 2. The molecule has 0 atom stereocenters. The summed E-state index contributed by atoms with van der Waals surface area (Å²) in [6, 6.07) is 0. The van der Waals surface area contributed by atoms with Gasteiger partial charge in [0.1, 0.15) is 17.2 Å². The maximum absolute atomic E-state index is 2.59. The van der Waals surface area contributed by atoms with E-state index in [4.69, 9.17) is 0 Å². The molecule has 10 heavy (non-hydrogen) atoms. The molecule has 0 aliphatic heterocycles. The molecule has 0 unspecified atom stereocenters. The van der Waals surface area contributed by atoms with Gasteiger partial charge in [-0.2, -0.15) is 0 Å². The summed E-state index contributed by atoms with van der Waals surface area (Å²) in [4.78, 5) is 0. The van der Waals surface area contributed by atoms with E-state index in [-0.39, 0.29) is 38.5 Å². The van der Waals surface area contributed by atoms with Gasteiger partial charge in [-0.1, -0.05) is 32.7 Å². The molecule has 4 heteroatoms. The van der Waals surface area contributed by atoms with E-state index in [1.165, 1.54) is 0 Å². The van der Waals surface area contributed by atoms with Crippen LogP contribution in [0, 0.1) is 0 Å². The first-order valence-corrected chi connectivity index (χ1v) is 9.29. The van der Waals surface area contributed by atoms with Gasteiger partial charge in [0, 0.05) is 29.6 Å². The van der Waals surface area contributed by atoms with E-state index in [1.807, 2.05) is 0 Å². The maximum Gasteiger partial charge on any atom is 0.122 e. The van der Waals surface area contributed by atoms with Crippen LogP contribution in [0.15, 0.2) is 0 Å². The third kappa shape index (κ3) is 5.10. The molecule has 56 valence electrons. The van der Waals surface area contributed by atoms with Crippen LogP contribution in [0.3, 0.4) is 0 Å². The standard InChI is InChI=1S/C6H18NSi2.Na/c1-7(8(2)3)9(4,5)6;/h1-6H3;. The van der Waals surface area contributed by atoms with Crippen LogP contribution in [0.1, 0.15) is 0 Å². The Labute approximate surface area is 90.3 Å². The van der Waals surface area contributed by atoms with Gasteiger partial charge in [-0.05, 0) is 7.05 Å². The summed E-state index contributed by atoms with van der Waals surface area (Å²) in [5.74, 6) is 0. The summed E-state index contributed by atoms with van der Waals surface area (Å²) >= 11 is 0. The molecule has 0 aliphatic carbocycles. The summed E-state index contributed by atoms with van der Waals surface area (Å²) in [7, 11) is 1.14. The zero-order valence-corrected chi connectivity index (χ0v) is 12.4. The number of hydrogen-bond acceptors (Lipinski definition) is 1. The molecule has 0 amide bonds. The Bertz CT molecular complexity index is 90.2. The molecule has 0 fully saturated rings. The van der Waals surface area contributed by atoms with Crippen LogP contribution in [-0.2, 0) is 0 Å². The van der Waals surface area contributed by atoms with Gasteiger partial charge >= 0.3 is 0 Å². The Morgan fingerprint density at radius 3 is 1.40 bits per heavy atom. The molecule has 0 N–H and O–H groups in total. The quantitative estimate of drug-likeness (QED) is 0.588. The first-order valence-electron chi connectivity index (χ1n) is 3.39. The van der Waals surface area contributed by atoms with Crippen molar-refractivity contribution in [2.24, 2.45) is 0 Å². The Kier molecular flexibility index (Phi) is 7.13. The first kappa shape index (κ1) is 13.9. The van der Waals surface area contributed by atoms with Gasteiger partial charge in [0.2, 0.25) is 0 Å². The van der Waals surface area contributed by atoms with Gasteiger partial charge in [0.15, 0.2) is 0 Å². The SMILES string of the molecule is CN([Si](C)C)[Si](C)(C)C.[Na].